The van der Waals surface area contributed by atoms with Gasteiger partial charge in [0.15, 0.2) is 0 Å². The van der Waals surface area contributed by atoms with Crippen LogP contribution in [0, 0.1) is 13.8 Å². The van der Waals surface area contributed by atoms with Crippen molar-refractivity contribution in [1.29, 1.82) is 0 Å². The number of thiophene rings is 1. The number of hydrogen-bond donors (Lipinski definition) is 2. The molecule has 0 radical (unpaired) electrons. The van der Waals surface area contributed by atoms with E-state index in [1.54, 1.807) is 0 Å². The molecule has 1 amide bonds. The molecule has 2 aromatic rings. The molecule has 0 saturated carbocycles. The summed E-state index contributed by atoms with van der Waals surface area (Å²) in [5.74, 6) is -0.135. The number of carbonyl (C=O) groups is 1. The Bertz CT molecular complexity index is 652. The molecular weight excluding hydrogens is 286 g/mol. The molecule has 0 bridgehead atoms. The number of nitrogens with zero attached hydrogens (tertiary/aromatic N) is 1. The molecule has 5 nitrogen and oxygen atoms in total. The summed E-state index contributed by atoms with van der Waals surface area (Å²) in [5.41, 5.74) is 8.65. The fourth-order valence-electron chi connectivity index (χ4n) is 2.24. The average Bonchev–Trinajstić information content (AvgIpc) is 2.75. The second-order valence-electron chi connectivity index (χ2n) is 4.91. The van der Waals surface area contributed by atoms with Gasteiger partial charge in [0.05, 0.1) is 5.69 Å². The number of fused-ring (bicyclic) bond motifs is 1. The number of pyridine rings is 1. The van der Waals surface area contributed by atoms with Gasteiger partial charge in [0.1, 0.15) is 9.71 Å². The van der Waals surface area contributed by atoms with E-state index in [-0.39, 0.29) is 5.91 Å². The molecule has 0 aliphatic rings. The lowest BCUT2D eigenvalue weighted by atomic mass is 10.1. The maximum Gasteiger partial charge on any atom is 0.263 e. The molecule has 0 aromatic carbocycles. The molecule has 2 rings (SSSR count). The molecule has 2 aromatic heterocycles. The second kappa shape index (κ2) is 6.87. The molecule has 21 heavy (non-hydrogen) atoms. The van der Waals surface area contributed by atoms with Gasteiger partial charge in [-0.2, -0.15) is 0 Å². The molecule has 0 aliphatic heterocycles. The third kappa shape index (κ3) is 3.51. The zero-order chi connectivity index (χ0) is 15.4. The van der Waals surface area contributed by atoms with Gasteiger partial charge in [-0.3, -0.25) is 4.79 Å². The number of carbonyl (C=O) groups excluding carboxylic acids is 1. The molecule has 0 fully saturated rings. The van der Waals surface area contributed by atoms with E-state index in [0.29, 0.717) is 30.3 Å². The first kappa shape index (κ1) is 15.7. The van der Waals surface area contributed by atoms with Gasteiger partial charge in [-0.15, -0.1) is 11.3 Å². The number of amides is 1. The number of aryl methyl sites for hydroxylation is 2. The number of nitrogens with two attached hydrogens (primary N) is 1. The quantitative estimate of drug-likeness (QED) is 0.804. The zero-order valence-electron chi connectivity index (χ0n) is 12.7. The Morgan fingerprint density at radius 3 is 2.95 bits per heavy atom. The van der Waals surface area contributed by atoms with Gasteiger partial charge in [-0.05, 0) is 38.8 Å². The number of aromatic nitrogens is 1. The Kier molecular flexibility index (Phi) is 5.14. The van der Waals surface area contributed by atoms with Gasteiger partial charge < -0.3 is 15.8 Å². The molecule has 6 heteroatoms. The molecule has 114 valence electrons. The summed E-state index contributed by atoms with van der Waals surface area (Å²) >= 11 is 1.35. The summed E-state index contributed by atoms with van der Waals surface area (Å²) in [7, 11) is 0. The van der Waals surface area contributed by atoms with Gasteiger partial charge in [0, 0.05) is 30.8 Å². The minimum absolute atomic E-state index is 0.135. The van der Waals surface area contributed by atoms with E-state index in [2.05, 4.69) is 10.3 Å². The monoisotopic (exact) mass is 307 g/mol. The summed E-state index contributed by atoms with van der Waals surface area (Å²) in [4.78, 5) is 18.0. The van der Waals surface area contributed by atoms with Gasteiger partial charge >= 0.3 is 0 Å². The molecule has 0 spiro atoms. The van der Waals surface area contributed by atoms with Crippen LogP contribution in [0.4, 0.5) is 5.69 Å². The predicted molar refractivity (Wildman–Crippen MR) is 86.9 cm³/mol. The minimum atomic E-state index is -0.135. The number of rotatable bonds is 6. The van der Waals surface area contributed by atoms with Crippen molar-refractivity contribution in [2.24, 2.45) is 0 Å². The highest BCUT2D eigenvalue weighted by Gasteiger charge is 2.18. The van der Waals surface area contributed by atoms with E-state index in [0.717, 1.165) is 27.9 Å². The third-order valence-electron chi connectivity index (χ3n) is 3.19. The SMILES string of the molecule is CCOCCCNC(=O)c1sc2nc(C)cc(C)c2c1N. The summed E-state index contributed by atoms with van der Waals surface area (Å²) in [6, 6.07) is 1.98. The highest BCUT2D eigenvalue weighted by atomic mass is 32.1. The van der Waals surface area contributed by atoms with Crippen LogP contribution >= 0.6 is 11.3 Å². The van der Waals surface area contributed by atoms with Crippen molar-refractivity contribution >= 4 is 33.1 Å². The zero-order valence-corrected chi connectivity index (χ0v) is 13.5. The first-order valence-electron chi connectivity index (χ1n) is 7.06. The predicted octanol–water partition coefficient (Wildman–Crippen LogP) is 2.65. The van der Waals surface area contributed by atoms with Crippen molar-refractivity contribution in [2.75, 3.05) is 25.5 Å². The van der Waals surface area contributed by atoms with Gasteiger partial charge in [-0.1, -0.05) is 0 Å². The maximum atomic E-state index is 12.2. The van der Waals surface area contributed by atoms with Crippen molar-refractivity contribution in [3.8, 4) is 0 Å². The third-order valence-corrected chi connectivity index (χ3v) is 4.28. The number of ether oxygens (including phenoxy) is 1. The van der Waals surface area contributed by atoms with Crippen LogP contribution in [0.15, 0.2) is 6.07 Å². The molecule has 0 saturated heterocycles. The van der Waals surface area contributed by atoms with Crippen molar-refractivity contribution in [3.63, 3.8) is 0 Å². The van der Waals surface area contributed by atoms with Crippen LogP contribution in [-0.2, 0) is 4.74 Å². The lowest BCUT2D eigenvalue weighted by Gasteiger charge is -2.04. The molecule has 2 heterocycles. The summed E-state index contributed by atoms with van der Waals surface area (Å²) < 4.78 is 5.24. The van der Waals surface area contributed by atoms with Crippen molar-refractivity contribution < 1.29 is 9.53 Å². The highest BCUT2D eigenvalue weighted by molar-refractivity contribution is 7.21. The van der Waals surface area contributed by atoms with Crippen molar-refractivity contribution in [2.45, 2.75) is 27.2 Å². The minimum Gasteiger partial charge on any atom is -0.397 e. The van der Waals surface area contributed by atoms with Crippen LogP contribution < -0.4 is 11.1 Å². The summed E-state index contributed by atoms with van der Waals surface area (Å²) in [6.07, 6.45) is 0.792. The van der Waals surface area contributed by atoms with Crippen molar-refractivity contribution in [3.05, 3.63) is 22.2 Å². The normalized spacial score (nSPS) is 11.0. The summed E-state index contributed by atoms with van der Waals surface area (Å²) in [6.45, 7) is 7.81. The largest absolute Gasteiger partial charge is 0.397 e. The number of nitrogen functional groups attached to an aromatic ring is 1. The lowest BCUT2D eigenvalue weighted by Crippen LogP contribution is -2.25. The van der Waals surface area contributed by atoms with E-state index in [1.165, 1.54) is 11.3 Å². The van der Waals surface area contributed by atoms with Gasteiger partial charge in [0.2, 0.25) is 0 Å². The Balaban J connectivity index is 2.13. The van der Waals surface area contributed by atoms with Crippen LogP contribution in [0.1, 0.15) is 34.3 Å². The Hall–Kier alpha value is -1.66. The fraction of sp³-hybridized carbons (Fsp3) is 0.467. The van der Waals surface area contributed by atoms with E-state index in [4.69, 9.17) is 10.5 Å². The van der Waals surface area contributed by atoms with E-state index < -0.39 is 0 Å². The van der Waals surface area contributed by atoms with Crippen LogP contribution in [0.2, 0.25) is 0 Å². The number of nitrogens with one attached hydrogen (secondary N) is 1. The van der Waals surface area contributed by atoms with Crippen LogP contribution in [0.5, 0.6) is 0 Å². The van der Waals surface area contributed by atoms with Crippen molar-refractivity contribution in [1.82, 2.24) is 10.3 Å². The topological polar surface area (TPSA) is 77.2 Å². The average molecular weight is 307 g/mol. The second-order valence-corrected chi connectivity index (χ2v) is 5.91. The first-order chi connectivity index (χ1) is 10.0. The van der Waals surface area contributed by atoms with Gasteiger partial charge in [0.25, 0.3) is 5.91 Å². The van der Waals surface area contributed by atoms with E-state index in [9.17, 15) is 4.79 Å². The molecule has 3 N–H and O–H groups in total. The standard InChI is InChI=1S/C15H21N3O2S/c1-4-20-7-5-6-17-14(19)13-12(16)11-9(2)8-10(3)18-15(11)21-13/h8H,4-7,16H2,1-3H3,(H,17,19). The Morgan fingerprint density at radius 1 is 1.48 bits per heavy atom. The molecular formula is C15H21N3O2S. The first-order valence-corrected chi connectivity index (χ1v) is 7.88. The number of anilines is 1. The van der Waals surface area contributed by atoms with Gasteiger partial charge in [-0.25, -0.2) is 4.98 Å². The summed E-state index contributed by atoms with van der Waals surface area (Å²) in [5, 5.41) is 3.77. The molecule has 0 atom stereocenters. The Labute approximate surface area is 128 Å². The maximum absolute atomic E-state index is 12.2. The van der Waals surface area contributed by atoms with Crippen LogP contribution in [0.3, 0.4) is 0 Å². The smallest absolute Gasteiger partial charge is 0.263 e. The lowest BCUT2D eigenvalue weighted by molar-refractivity contribution is 0.0949. The van der Waals surface area contributed by atoms with Crippen LogP contribution in [0.25, 0.3) is 10.2 Å². The van der Waals surface area contributed by atoms with E-state index >= 15 is 0 Å². The fourth-order valence-corrected chi connectivity index (χ4v) is 3.37. The molecule has 0 unspecified atom stereocenters. The van der Waals surface area contributed by atoms with E-state index in [1.807, 2.05) is 26.8 Å². The number of hydrogen-bond acceptors (Lipinski definition) is 5. The Morgan fingerprint density at radius 2 is 2.24 bits per heavy atom. The highest BCUT2D eigenvalue weighted by Crippen LogP contribution is 2.34. The van der Waals surface area contributed by atoms with Crippen LogP contribution in [-0.4, -0.2) is 30.6 Å². The molecule has 0 aliphatic carbocycles.